The molecule has 1 aromatic heterocycles. The quantitative estimate of drug-likeness (QED) is 0.735. The standard InChI is InChI=1S/C19H24N4O3S/c1-12(2)18(13-3-6-15-16(9-13)26-8-7-25-15)21-17(24)10-27-19-22-20-11-23(19)14-4-5-14/h3,6,9,11-12,14,18H,4-5,7-8,10H2,1-2H3,(H,21,24). The van der Waals surface area contributed by atoms with Gasteiger partial charge in [-0.15, -0.1) is 10.2 Å². The third kappa shape index (κ3) is 4.21. The number of benzene rings is 1. The molecule has 1 aliphatic carbocycles. The minimum atomic E-state index is -0.0878. The summed E-state index contributed by atoms with van der Waals surface area (Å²) in [6, 6.07) is 6.30. The highest BCUT2D eigenvalue weighted by atomic mass is 32.2. The molecule has 2 aromatic rings. The number of thioether (sulfide) groups is 1. The fourth-order valence-corrected chi connectivity index (χ4v) is 3.97. The second-order valence-corrected chi connectivity index (χ2v) is 8.18. The van der Waals surface area contributed by atoms with E-state index in [0.717, 1.165) is 35.1 Å². The van der Waals surface area contributed by atoms with E-state index in [1.165, 1.54) is 11.8 Å². The van der Waals surface area contributed by atoms with E-state index in [1.54, 1.807) is 6.33 Å². The topological polar surface area (TPSA) is 78.3 Å². The SMILES string of the molecule is CC(C)C(NC(=O)CSc1nncn1C1CC1)c1ccc2c(c1)OCCO2. The summed E-state index contributed by atoms with van der Waals surface area (Å²) in [5.41, 5.74) is 1.02. The number of hydrogen-bond donors (Lipinski definition) is 1. The first-order chi connectivity index (χ1) is 13.1. The third-order valence-corrected chi connectivity index (χ3v) is 5.68. The largest absolute Gasteiger partial charge is 0.486 e. The average molecular weight is 388 g/mol. The van der Waals surface area contributed by atoms with Crippen molar-refractivity contribution in [2.45, 2.75) is 43.9 Å². The van der Waals surface area contributed by atoms with Crippen LogP contribution in [0.1, 0.15) is 44.3 Å². The highest BCUT2D eigenvalue weighted by molar-refractivity contribution is 7.99. The molecule has 27 heavy (non-hydrogen) atoms. The van der Waals surface area contributed by atoms with Crippen molar-refractivity contribution in [3.63, 3.8) is 0 Å². The first-order valence-corrected chi connectivity index (χ1v) is 10.3. The van der Waals surface area contributed by atoms with Gasteiger partial charge in [0.1, 0.15) is 19.5 Å². The Labute approximate surface area is 162 Å². The second-order valence-electron chi connectivity index (χ2n) is 7.23. The summed E-state index contributed by atoms with van der Waals surface area (Å²) in [6.45, 7) is 5.31. The number of fused-ring (bicyclic) bond motifs is 1. The molecule has 4 rings (SSSR count). The number of carbonyl (C=O) groups excluding carboxylic acids is 1. The summed E-state index contributed by atoms with van der Waals surface area (Å²) < 4.78 is 13.3. The van der Waals surface area contributed by atoms with Crippen LogP contribution in [0, 0.1) is 5.92 Å². The number of ether oxygens (including phenoxy) is 2. The van der Waals surface area contributed by atoms with Gasteiger partial charge in [0.25, 0.3) is 0 Å². The number of rotatable bonds is 7. The summed E-state index contributed by atoms with van der Waals surface area (Å²) in [6.07, 6.45) is 4.08. The molecular weight excluding hydrogens is 364 g/mol. The zero-order valence-corrected chi connectivity index (χ0v) is 16.4. The van der Waals surface area contributed by atoms with Crippen LogP contribution in [0.3, 0.4) is 0 Å². The average Bonchev–Trinajstić information content (AvgIpc) is 3.41. The van der Waals surface area contributed by atoms with Crippen molar-refractivity contribution < 1.29 is 14.3 Å². The van der Waals surface area contributed by atoms with Crippen molar-refractivity contribution in [1.82, 2.24) is 20.1 Å². The van der Waals surface area contributed by atoms with Gasteiger partial charge >= 0.3 is 0 Å². The lowest BCUT2D eigenvalue weighted by Crippen LogP contribution is -2.33. The van der Waals surface area contributed by atoms with Gasteiger partial charge in [0.2, 0.25) is 5.91 Å². The van der Waals surface area contributed by atoms with E-state index in [0.29, 0.717) is 25.0 Å². The minimum Gasteiger partial charge on any atom is -0.486 e. The van der Waals surface area contributed by atoms with Gasteiger partial charge in [0, 0.05) is 6.04 Å². The van der Waals surface area contributed by atoms with Crippen LogP contribution in [0.15, 0.2) is 29.7 Å². The predicted octanol–water partition coefficient (Wildman–Crippen LogP) is 2.99. The van der Waals surface area contributed by atoms with E-state index in [4.69, 9.17) is 9.47 Å². The Morgan fingerprint density at radius 1 is 1.30 bits per heavy atom. The molecule has 1 atom stereocenters. The van der Waals surface area contributed by atoms with Crippen molar-refractivity contribution >= 4 is 17.7 Å². The normalized spacial score (nSPS) is 17.0. The van der Waals surface area contributed by atoms with Gasteiger partial charge < -0.3 is 19.4 Å². The van der Waals surface area contributed by atoms with Gasteiger partial charge in [-0.05, 0) is 36.5 Å². The van der Waals surface area contributed by atoms with Crippen LogP contribution in [0.25, 0.3) is 0 Å². The Balaban J connectivity index is 1.40. The van der Waals surface area contributed by atoms with Crippen molar-refractivity contribution in [1.29, 1.82) is 0 Å². The smallest absolute Gasteiger partial charge is 0.230 e. The fourth-order valence-electron chi connectivity index (χ4n) is 3.17. The van der Waals surface area contributed by atoms with Crippen molar-refractivity contribution in [3.05, 3.63) is 30.1 Å². The molecule has 1 aromatic carbocycles. The Bertz CT molecular complexity index is 819. The first-order valence-electron chi connectivity index (χ1n) is 9.33. The predicted molar refractivity (Wildman–Crippen MR) is 102 cm³/mol. The summed E-state index contributed by atoms with van der Waals surface area (Å²) in [7, 11) is 0. The van der Waals surface area contributed by atoms with Gasteiger partial charge in [-0.1, -0.05) is 31.7 Å². The van der Waals surface area contributed by atoms with E-state index in [1.807, 2.05) is 18.2 Å². The molecule has 2 heterocycles. The molecule has 0 radical (unpaired) electrons. The summed E-state index contributed by atoms with van der Waals surface area (Å²) in [4.78, 5) is 12.6. The summed E-state index contributed by atoms with van der Waals surface area (Å²) in [5, 5.41) is 12.1. The van der Waals surface area contributed by atoms with E-state index in [2.05, 4.69) is 33.9 Å². The Morgan fingerprint density at radius 3 is 2.81 bits per heavy atom. The molecule has 1 aliphatic heterocycles. The molecule has 1 N–H and O–H groups in total. The molecule has 2 aliphatic rings. The van der Waals surface area contributed by atoms with Crippen molar-refractivity contribution in [2.24, 2.45) is 5.92 Å². The Morgan fingerprint density at radius 2 is 2.07 bits per heavy atom. The van der Waals surface area contributed by atoms with Gasteiger partial charge in [-0.3, -0.25) is 4.79 Å². The van der Waals surface area contributed by atoms with E-state index < -0.39 is 0 Å². The van der Waals surface area contributed by atoms with E-state index in [-0.39, 0.29) is 17.9 Å². The first kappa shape index (κ1) is 18.2. The van der Waals surface area contributed by atoms with Crippen LogP contribution in [-0.4, -0.2) is 39.6 Å². The van der Waals surface area contributed by atoms with Crippen LogP contribution in [0.4, 0.5) is 0 Å². The molecule has 0 spiro atoms. The molecule has 1 saturated carbocycles. The summed E-state index contributed by atoms with van der Waals surface area (Å²) >= 11 is 1.43. The van der Waals surface area contributed by atoms with Gasteiger partial charge in [-0.2, -0.15) is 0 Å². The van der Waals surface area contributed by atoms with E-state index in [9.17, 15) is 4.79 Å². The van der Waals surface area contributed by atoms with Crippen molar-refractivity contribution in [2.75, 3.05) is 19.0 Å². The number of hydrogen-bond acceptors (Lipinski definition) is 6. The Hall–Kier alpha value is -2.22. The van der Waals surface area contributed by atoms with Crippen molar-refractivity contribution in [3.8, 4) is 11.5 Å². The molecular formula is C19H24N4O3S. The maximum absolute atomic E-state index is 12.6. The maximum Gasteiger partial charge on any atom is 0.230 e. The lowest BCUT2D eigenvalue weighted by atomic mass is 9.95. The van der Waals surface area contributed by atoms with Crippen LogP contribution in [-0.2, 0) is 4.79 Å². The summed E-state index contributed by atoms with van der Waals surface area (Å²) in [5.74, 6) is 2.05. The van der Waals surface area contributed by atoms with Crippen LogP contribution in [0.2, 0.25) is 0 Å². The third-order valence-electron chi connectivity index (χ3n) is 4.72. The fraction of sp³-hybridized carbons (Fsp3) is 0.526. The zero-order valence-electron chi connectivity index (χ0n) is 15.6. The molecule has 1 fully saturated rings. The highest BCUT2D eigenvalue weighted by Crippen LogP contribution is 2.37. The lowest BCUT2D eigenvalue weighted by Gasteiger charge is -2.25. The number of carbonyl (C=O) groups is 1. The molecule has 7 nitrogen and oxygen atoms in total. The van der Waals surface area contributed by atoms with Gasteiger partial charge in [-0.25, -0.2) is 0 Å². The van der Waals surface area contributed by atoms with Crippen LogP contribution in [0.5, 0.6) is 11.5 Å². The molecule has 1 amide bonds. The lowest BCUT2D eigenvalue weighted by molar-refractivity contribution is -0.119. The molecule has 8 heteroatoms. The maximum atomic E-state index is 12.6. The highest BCUT2D eigenvalue weighted by Gasteiger charge is 2.27. The number of aromatic nitrogens is 3. The minimum absolute atomic E-state index is 0.0149. The van der Waals surface area contributed by atoms with E-state index >= 15 is 0 Å². The Kier molecular flexibility index (Phi) is 5.24. The zero-order chi connectivity index (χ0) is 18.8. The number of nitrogens with zero attached hydrogens (tertiary/aromatic N) is 3. The number of amides is 1. The monoisotopic (exact) mass is 388 g/mol. The van der Waals surface area contributed by atoms with Gasteiger partial charge in [0.05, 0.1) is 11.8 Å². The molecule has 0 saturated heterocycles. The molecule has 1 unspecified atom stereocenters. The number of nitrogens with one attached hydrogen (secondary N) is 1. The van der Waals surface area contributed by atoms with Gasteiger partial charge in [0.15, 0.2) is 16.7 Å². The van der Waals surface area contributed by atoms with Crippen LogP contribution >= 0.6 is 11.8 Å². The molecule has 144 valence electrons. The second kappa shape index (κ2) is 7.80. The molecule has 0 bridgehead atoms. The van der Waals surface area contributed by atoms with Crippen LogP contribution < -0.4 is 14.8 Å².